The highest BCUT2D eigenvalue weighted by Crippen LogP contribution is 2.34. The van der Waals surface area contributed by atoms with Crippen LogP contribution in [0, 0.1) is 4.64 Å². The maximum absolute atomic E-state index is 5.90. The highest BCUT2D eigenvalue weighted by Gasteiger charge is 2.24. The number of nitrogens with one attached hydrogen (secondary N) is 1. The van der Waals surface area contributed by atoms with Crippen molar-refractivity contribution < 1.29 is 14.2 Å². The van der Waals surface area contributed by atoms with Gasteiger partial charge in [0.1, 0.15) is 11.2 Å². The van der Waals surface area contributed by atoms with Crippen LogP contribution in [0.5, 0.6) is 11.5 Å². The standard InChI is InChI=1S/C14H14N2O3S/c1-17-7-9-6-13(20)16-14(15-9)12-8-18-10-4-2-3-5-11(10)19-12/h2-6,12H,7-8H2,1H3,(H,15,16,20). The molecular weight excluding hydrogens is 276 g/mol. The minimum absolute atomic E-state index is 0.302. The van der Waals surface area contributed by atoms with Gasteiger partial charge in [0.25, 0.3) is 0 Å². The maximum Gasteiger partial charge on any atom is 0.190 e. The number of aromatic amines is 1. The Morgan fingerprint density at radius 1 is 1.40 bits per heavy atom. The number of hydrogen-bond acceptors (Lipinski definition) is 5. The van der Waals surface area contributed by atoms with Crippen molar-refractivity contribution in [1.82, 2.24) is 9.97 Å². The van der Waals surface area contributed by atoms with Gasteiger partial charge in [-0.25, -0.2) is 4.98 Å². The van der Waals surface area contributed by atoms with Crippen LogP contribution in [0.25, 0.3) is 0 Å². The molecule has 0 fully saturated rings. The van der Waals surface area contributed by atoms with Gasteiger partial charge in [-0.15, -0.1) is 0 Å². The average Bonchev–Trinajstić information content (AvgIpc) is 2.46. The third-order valence-electron chi connectivity index (χ3n) is 2.93. The fourth-order valence-electron chi connectivity index (χ4n) is 2.07. The summed E-state index contributed by atoms with van der Waals surface area (Å²) in [5.74, 6) is 2.11. The monoisotopic (exact) mass is 290 g/mol. The number of ether oxygens (including phenoxy) is 3. The molecule has 1 atom stereocenters. The van der Waals surface area contributed by atoms with Crippen molar-refractivity contribution >= 4 is 12.2 Å². The molecule has 0 amide bonds. The highest BCUT2D eigenvalue weighted by molar-refractivity contribution is 7.71. The SMILES string of the molecule is COCc1cc(=S)nc(C2COc3ccccc3O2)[nH]1. The molecule has 6 heteroatoms. The Labute approximate surface area is 121 Å². The molecule has 0 spiro atoms. The normalized spacial score (nSPS) is 16.9. The quantitative estimate of drug-likeness (QED) is 0.881. The number of nitrogens with zero attached hydrogens (tertiary/aromatic N) is 1. The molecular formula is C14H14N2O3S. The second kappa shape index (κ2) is 5.60. The van der Waals surface area contributed by atoms with E-state index in [1.165, 1.54) is 0 Å². The van der Waals surface area contributed by atoms with Crippen molar-refractivity contribution in [1.29, 1.82) is 0 Å². The van der Waals surface area contributed by atoms with E-state index in [9.17, 15) is 0 Å². The van der Waals surface area contributed by atoms with Crippen molar-refractivity contribution in [2.45, 2.75) is 12.7 Å². The van der Waals surface area contributed by atoms with Crippen LogP contribution in [-0.4, -0.2) is 23.7 Å². The van der Waals surface area contributed by atoms with E-state index in [0.717, 1.165) is 11.4 Å². The summed E-state index contributed by atoms with van der Waals surface area (Å²) in [7, 11) is 1.63. The number of benzene rings is 1. The summed E-state index contributed by atoms with van der Waals surface area (Å²) in [6.45, 7) is 0.842. The van der Waals surface area contributed by atoms with Crippen LogP contribution in [0.3, 0.4) is 0 Å². The first-order valence-electron chi connectivity index (χ1n) is 6.24. The van der Waals surface area contributed by atoms with E-state index in [4.69, 9.17) is 26.4 Å². The van der Waals surface area contributed by atoms with Gasteiger partial charge in [0, 0.05) is 12.8 Å². The van der Waals surface area contributed by atoms with Gasteiger partial charge in [0.15, 0.2) is 23.4 Å². The fourth-order valence-corrected chi connectivity index (χ4v) is 2.31. The Morgan fingerprint density at radius 2 is 2.20 bits per heavy atom. The van der Waals surface area contributed by atoms with E-state index in [1.807, 2.05) is 24.3 Å². The van der Waals surface area contributed by atoms with Gasteiger partial charge >= 0.3 is 0 Å². The van der Waals surface area contributed by atoms with E-state index in [-0.39, 0.29) is 6.10 Å². The fraction of sp³-hybridized carbons (Fsp3) is 0.286. The predicted molar refractivity (Wildman–Crippen MR) is 75.4 cm³/mol. The lowest BCUT2D eigenvalue weighted by Crippen LogP contribution is -2.24. The third-order valence-corrected chi connectivity index (χ3v) is 3.14. The Kier molecular flexibility index (Phi) is 3.66. The lowest BCUT2D eigenvalue weighted by atomic mass is 10.2. The van der Waals surface area contributed by atoms with Crippen LogP contribution < -0.4 is 9.47 Å². The van der Waals surface area contributed by atoms with Gasteiger partial charge in [-0.3, -0.25) is 0 Å². The number of aromatic nitrogens is 2. The Bertz CT molecular complexity index is 671. The van der Waals surface area contributed by atoms with Crippen LogP contribution >= 0.6 is 12.2 Å². The molecule has 1 aromatic carbocycles. The van der Waals surface area contributed by atoms with E-state index in [2.05, 4.69) is 9.97 Å². The molecule has 1 N–H and O–H groups in total. The van der Waals surface area contributed by atoms with Crippen molar-refractivity contribution in [3.63, 3.8) is 0 Å². The third kappa shape index (κ3) is 2.66. The number of rotatable bonds is 3. The van der Waals surface area contributed by atoms with Crippen LogP contribution in [0.4, 0.5) is 0 Å². The number of hydrogen-bond donors (Lipinski definition) is 1. The molecule has 1 unspecified atom stereocenters. The molecule has 0 saturated heterocycles. The minimum Gasteiger partial charge on any atom is -0.485 e. The van der Waals surface area contributed by atoms with E-state index in [0.29, 0.717) is 29.4 Å². The van der Waals surface area contributed by atoms with Gasteiger partial charge in [-0.1, -0.05) is 24.4 Å². The maximum atomic E-state index is 5.90. The second-order valence-electron chi connectivity index (χ2n) is 4.43. The molecule has 104 valence electrons. The predicted octanol–water partition coefficient (Wildman–Crippen LogP) is 2.80. The van der Waals surface area contributed by atoms with Crippen LogP contribution in [0.15, 0.2) is 30.3 Å². The number of fused-ring (bicyclic) bond motifs is 1. The molecule has 2 heterocycles. The van der Waals surface area contributed by atoms with Crippen molar-refractivity contribution in [3.8, 4) is 11.5 Å². The average molecular weight is 290 g/mol. The number of H-pyrrole nitrogens is 1. The molecule has 1 aliphatic heterocycles. The molecule has 1 aliphatic rings. The van der Waals surface area contributed by atoms with Crippen LogP contribution in [0.1, 0.15) is 17.6 Å². The largest absolute Gasteiger partial charge is 0.485 e. The summed E-state index contributed by atoms with van der Waals surface area (Å²) in [4.78, 5) is 7.49. The lowest BCUT2D eigenvalue weighted by molar-refractivity contribution is 0.0842. The first-order valence-corrected chi connectivity index (χ1v) is 6.64. The molecule has 1 aromatic heterocycles. The zero-order valence-electron chi connectivity index (χ0n) is 11.0. The summed E-state index contributed by atoms with van der Waals surface area (Å²) in [6, 6.07) is 9.34. The molecule has 0 aliphatic carbocycles. The summed E-state index contributed by atoms with van der Waals surface area (Å²) in [5, 5.41) is 0. The summed E-state index contributed by atoms with van der Waals surface area (Å²) in [6.07, 6.45) is -0.302. The van der Waals surface area contributed by atoms with Crippen LogP contribution in [-0.2, 0) is 11.3 Å². The molecule has 0 radical (unpaired) electrons. The topological polar surface area (TPSA) is 56.4 Å². The Morgan fingerprint density at radius 3 is 3.00 bits per heavy atom. The first kappa shape index (κ1) is 13.1. The number of para-hydroxylation sites is 2. The molecule has 20 heavy (non-hydrogen) atoms. The zero-order valence-corrected chi connectivity index (χ0v) is 11.8. The van der Waals surface area contributed by atoms with Crippen molar-refractivity contribution in [3.05, 3.63) is 46.5 Å². The van der Waals surface area contributed by atoms with E-state index in [1.54, 1.807) is 13.2 Å². The molecule has 0 saturated carbocycles. The minimum atomic E-state index is -0.302. The van der Waals surface area contributed by atoms with Crippen molar-refractivity contribution in [2.75, 3.05) is 13.7 Å². The van der Waals surface area contributed by atoms with E-state index >= 15 is 0 Å². The molecule has 5 nitrogen and oxygen atoms in total. The summed E-state index contributed by atoms with van der Waals surface area (Å²) >= 11 is 5.17. The summed E-state index contributed by atoms with van der Waals surface area (Å²) < 4.78 is 17.2. The number of methoxy groups -OCH3 is 1. The Balaban J connectivity index is 1.89. The summed E-state index contributed by atoms with van der Waals surface area (Å²) in [5.41, 5.74) is 0.866. The smallest absolute Gasteiger partial charge is 0.190 e. The first-order chi connectivity index (χ1) is 9.76. The van der Waals surface area contributed by atoms with Crippen molar-refractivity contribution in [2.24, 2.45) is 0 Å². The Hall–Kier alpha value is -1.92. The van der Waals surface area contributed by atoms with Gasteiger partial charge in [-0.05, 0) is 18.2 Å². The van der Waals surface area contributed by atoms with Gasteiger partial charge in [0.2, 0.25) is 0 Å². The lowest BCUT2D eigenvalue weighted by Gasteiger charge is -2.25. The van der Waals surface area contributed by atoms with Gasteiger partial charge < -0.3 is 19.2 Å². The zero-order chi connectivity index (χ0) is 13.9. The molecule has 2 aromatic rings. The van der Waals surface area contributed by atoms with E-state index < -0.39 is 0 Å². The highest BCUT2D eigenvalue weighted by atomic mass is 32.1. The van der Waals surface area contributed by atoms with Gasteiger partial charge in [-0.2, -0.15) is 0 Å². The molecule has 3 rings (SSSR count). The van der Waals surface area contributed by atoms with Gasteiger partial charge in [0.05, 0.1) is 6.61 Å². The van der Waals surface area contributed by atoms with Crippen LogP contribution in [0.2, 0.25) is 0 Å². The molecule has 0 bridgehead atoms. The second-order valence-corrected chi connectivity index (χ2v) is 4.85.